The van der Waals surface area contributed by atoms with Crippen LogP contribution in [0.5, 0.6) is 11.5 Å². The molecule has 0 aliphatic heterocycles. The van der Waals surface area contributed by atoms with E-state index < -0.39 is 10.9 Å². The Bertz CT molecular complexity index is 724. The van der Waals surface area contributed by atoms with Gasteiger partial charge < -0.3 is 9.84 Å². The first-order chi connectivity index (χ1) is 9.90. The zero-order chi connectivity index (χ0) is 15.6. The topological polar surface area (TPSA) is 89.7 Å². The maximum absolute atomic E-state index is 11.2. The highest BCUT2D eigenvalue weighted by atomic mass is 16.6. The molecule has 6 heteroatoms. The number of nitro benzene ring substituents is 1. The van der Waals surface area contributed by atoms with Crippen LogP contribution in [0.2, 0.25) is 0 Å². The van der Waals surface area contributed by atoms with Gasteiger partial charge in [0.1, 0.15) is 17.1 Å². The lowest BCUT2D eigenvalue weighted by molar-refractivity contribution is -0.385. The molecule has 2 rings (SSSR count). The van der Waals surface area contributed by atoms with Crippen molar-refractivity contribution in [1.82, 2.24) is 0 Å². The maximum Gasteiger partial charge on any atom is 0.339 e. The highest BCUT2D eigenvalue weighted by molar-refractivity contribution is 5.91. The van der Waals surface area contributed by atoms with Gasteiger partial charge in [0.25, 0.3) is 5.69 Å². The van der Waals surface area contributed by atoms with Crippen molar-refractivity contribution in [2.75, 3.05) is 0 Å². The Labute approximate surface area is 120 Å². The van der Waals surface area contributed by atoms with E-state index in [-0.39, 0.29) is 22.7 Å². The normalized spacial score (nSPS) is 10.2. The van der Waals surface area contributed by atoms with Crippen molar-refractivity contribution in [2.24, 2.45) is 0 Å². The molecule has 0 amide bonds. The molecule has 0 saturated heterocycles. The van der Waals surface area contributed by atoms with Crippen LogP contribution in [0.25, 0.3) is 0 Å². The molecule has 0 saturated carbocycles. The number of hydrogen-bond donors (Lipinski definition) is 1. The van der Waals surface area contributed by atoms with Gasteiger partial charge in [-0.3, -0.25) is 10.1 Å². The fourth-order valence-corrected chi connectivity index (χ4v) is 1.93. The number of nitrogens with zero attached hydrogens (tertiary/aromatic N) is 1. The standard InChI is InChI=1S/C15H13NO5/c1-9-6-7-14(11(8-9)15(17)18)21-13-5-3-4-12(10(13)2)16(19)20/h3-8H,1-2H3,(H,17,18). The molecule has 2 aromatic rings. The van der Waals surface area contributed by atoms with Gasteiger partial charge in [0.05, 0.1) is 10.5 Å². The van der Waals surface area contributed by atoms with Crippen molar-refractivity contribution in [3.05, 3.63) is 63.2 Å². The molecule has 0 aliphatic rings. The minimum absolute atomic E-state index is 0.0147. The molecule has 0 unspecified atom stereocenters. The van der Waals surface area contributed by atoms with Crippen molar-refractivity contribution in [3.8, 4) is 11.5 Å². The van der Waals surface area contributed by atoms with Gasteiger partial charge in [-0.2, -0.15) is 0 Å². The average molecular weight is 287 g/mol. The molecule has 6 nitrogen and oxygen atoms in total. The highest BCUT2D eigenvalue weighted by Crippen LogP contribution is 2.32. The van der Waals surface area contributed by atoms with E-state index in [1.54, 1.807) is 26.0 Å². The number of carbonyl (C=O) groups is 1. The van der Waals surface area contributed by atoms with Crippen molar-refractivity contribution in [1.29, 1.82) is 0 Å². The SMILES string of the molecule is Cc1ccc(Oc2cccc([N+](=O)[O-])c2C)c(C(=O)O)c1. The third-order valence-electron chi connectivity index (χ3n) is 3.04. The molecular formula is C15H13NO5. The van der Waals surface area contributed by atoms with Crippen LogP contribution in [0.4, 0.5) is 5.69 Å². The van der Waals surface area contributed by atoms with E-state index in [1.807, 2.05) is 0 Å². The van der Waals surface area contributed by atoms with Gasteiger partial charge in [-0.1, -0.05) is 17.7 Å². The van der Waals surface area contributed by atoms with Gasteiger partial charge in [-0.15, -0.1) is 0 Å². The number of benzene rings is 2. The average Bonchev–Trinajstić information content (AvgIpc) is 2.42. The van der Waals surface area contributed by atoms with E-state index in [2.05, 4.69) is 0 Å². The Hall–Kier alpha value is -2.89. The Morgan fingerprint density at radius 1 is 1.19 bits per heavy atom. The summed E-state index contributed by atoms with van der Waals surface area (Å²) in [5, 5.41) is 20.1. The van der Waals surface area contributed by atoms with Crippen molar-refractivity contribution in [2.45, 2.75) is 13.8 Å². The number of carboxylic acids is 1. The van der Waals surface area contributed by atoms with Crippen molar-refractivity contribution < 1.29 is 19.6 Å². The van der Waals surface area contributed by atoms with Gasteiger partial charge in [-0.25, -0.2) is 4.79 Å². The van der Waals surface area contributed by atoms with Crippen LogP contribution < -0.4 is 4.74 Å². The van der Waals surface area contributed by atoms with Gasteiger partial charge >= 0.3 is 5.97 Å². The van der Waals surface area contributed by atoms with E-state index in [1.165, 1.54) is 24.3 Å². The van der Waals surface area contributed by atoms with Crippen LogP contribution in [0.3, 0.4) is 0 Å². The second-order valence-corrected chi connectivity index (χ2v) is 4.56. The first-order valence-electron chi connectivity index (χ1n) is 6.16. The summed E-state index contributed by atoms with van der Waals surface area (Å²) in [6, 6.07) is 9.17. The van der Waals surface area contributed by atoms with Crippen LogP contribution in [0.1, 0.15) is 21.5 Å². The lowest BCUT2D eigenvalue weighted by Crippen LogP contribution is -2.01. The third-order valence-corrected chi connectivity index (χ3v) is 3.04. The Balaban J connectivity index is 2.46. The molecule has 0 radical (unpaired) electrons. The fraction of sp³-hybridized carbons (Fsp3) is 0.133. The van der Waals surface area contributed by atoms with Gasteiger partial charge in [0.15, 0.2) is 0 Å². The van der Waals surface area contributed by atoms with Gasteiger partial charge in [0.2, 0.25) is 0 Å². The smallest absolute Gasteiger partial charge is 0.339 e. The summed E-state index contributed by atoms with van der Waals surface area (Å²) in [6.45, 7) is 3.33. The molecule has 1 N–H and O–H groups in total. The largest absolute Gasteiger partial charge is 0.478 e. The predicted molar refractivity (Wildman–Crippen MR) is 76.0 cm³/mol. The van der Waals surface area contributed by atoms with E-state index in [9.17, 15) is 20.0 Å². The van der Waals surface area contributed by atoms with E-state index in [0.717, 1.165) is 5.56 Å². The van der Waals surface area contributed by atoms with E-state index >= 15 is 0 Å². The van der Waals surface area contributed by atoms with Crippen LogP contribution in [-0.2, 0) is 0 Å². The molecule has 0 atom stereocenters. The quantitative estimate of drug-likeness (QED) is 0.684. The van der Waals surface area contributed by atoms with Crippen LogP contribution in [0, 0.1) is 24.0 Å². The zero-order valence-electron chi connectivity index (χ0n) is 11.5. The first-order valence-corrected chi connectivity index (χ1v) is 6.16. The Morgan fingerprint density at radius 2 is 1.90 bits per heavy atom. The van der Waals surface area contributed by atoms with Crippen LogP contribution in [0.15, 0.2) is 36.4 Å². The summed E-state index contributed by atoms with van der Waals surface area (Å²) in [7, 11) is 0. The summed E-state index contributed by atoms with van der Waals surface area (Å²) >= 11 is 0. The molecule has 0 aromatic heterocycles. The molecular weight excluding hydrogens is 274 g/mol. The molecule has 0 fully saturated rings. The number of aromatic carboxylic acids is 1. The molecule has 0 heterocycles. The summed E-state index contributed by atoms with van der Waals surface area (Å²) in [4.78, 5) is 21.6. The Kier molecular flexibility index (Phi) is 3.89. The van der Waals surface area contributed by atoms with E-state index in [4.69, 9.17) is 4.74 Å². The molecule has 2 aromatic carbocycles. The maximum atomic E-state index is 11.2. The number of rotatable bonds is 4. The second-order valence-electron chi connectivity index (χ2n) is 4.56. The van der Waals surface area contributed by atoms with E-state index in [0.29, 0.717) is 5.56 Å². The second kappa shape index (κ2) is 5.62. The number of ether oxygens (including phenoxy) is 1. The molecule has 0 aliphatic carbocycles. The zero-order valence-corrected chi connectivity index (χ0v) is 11.5. The van der Waals surface area contributed by atoms with Crippen molar-refractivity contribution >= 4 is 11.7 Å². The third kappa shape index (κ3) is 3.00. The van der Waals surface area contributed by atoms with Crippen molar-refractivity contribution in [3.63, 3.8) is 0 Å². The lowest BCUT2D eigenvalue weighted by Gasteiger charge is -2.11. The molecule has 0 bridgehead atoms. The van der Waals surface area contributed by atoms with Crippen LogP contribution >= 0.6 is 0 Å². The predicted octanol–water partition coefficient (Wildman–Crippen LogP) is 3.70. The Morgan fingerprint density at radius 3 is 2.52 bits per heavy atom. The number of nitro groups is 1. The number of hydrogen-bond acceptors (Lipinski definition) is 4. The lowest BCUT2D eigenvalue weighted by atomic mass is 10.1. The minimum atomic E-state index is -1.11. The number of carboxylic acid groups (broad SMARTS) is 1. The number of aryl methyl sites for hydroxylation is 1. The first kappa shape index (κ1) is 14.5. The molecule has 21 heavy (non-hydrogen) atoms. The minimum Gasteiger partial charge on any atom is -0.478 e. The molecule has 108 valence electrons. The fourth-order valence-electron chi connectivity index (χ4n) is 1.93. The summed E-state index contributed by atoms with van der Waals surface area (Å²) in [5.41, 5.74) is 1.08. The van der Waals surface area contributed by atoms with Gasteiger partial charge in [-0.05, 0) is 32.0 Å². The summed E-state index contributed by atoms with van der Waals surface area (Å²) in [6.07, 6.45) is 0. The van der Waals surface area contributed by atoms with Gasteiger partial charge in [0, 0.05) is 6.07 Å². The van der Waals surface area contributed by atoms with Crippen LogP contribution in [-0.4, -0.2) is 16.0 Å². The molecule has 0 spiro atoms. The summed E-state index contributed by atoms with van der Waals surface area (Å²) < 4.78 is 5.56. The monoisotopic (exact) mass is 287 g/mol. The highest BCUT2D eigenvalue weighted by Gasteiger charge is 2.17. The summed E-state index contributed by atoms with van der Waals surface area (Å²) in [5.74, 6) is -0.705.